The number of nitrogens with zero attached hydrogens (tertiary/aromatic N) is 2. The summed E-state index contributed by atoms with van der Waals surface area (Å²) < 4.78 is 11.3. The molecule has 0 aliphatic heterocycles. The van der Waals surface area contributed by atoms with Crippen LogP contribution in [0.1, 0.15) is 22.3 Å². The fraction of sp³-hybridized carbons (Fsp3) is 0.286. The van der Waals surface area contributed by atoms with Gasteiger partial charge in [-0.05, 0) is 42.7 Å². The fourth-order valence-corrected chi connectivity index (χ4v) is 4.58. The summed E-state index contributed by atoms with van der Waals surface area (Å²) in [5.74, 6) is 1.89. The van der Waals surface area contributed by atoms with Gasteiger partial charge >= 0.3 is 0 Å². The summed E-state index contributed by atoms with van der Waals surface area (Å²) >= 11 is 3.00. The van der Waals surface area contributed by atoms with E-state index in [1.165, 1.54) is 28.0 Å². The Morgan fingerprint density at radius 1 is 1.07 bits per heavy atom. The van der Waals surface area contributed by atoms with Crippen molar-refractivity contribution in [3.8, 4) is 11.5 Å². The Morgan fingerprint density at radius 2 is 1.86 bits per heavy atom. The number of amides is 1. The van der Waals surface area contributed by atoms with E-state index in [4.69, 9.17) is 9.47 Å². The van der Waals surface area contributed by atoms with Crippen molar-refractivity contribution in [2.24, 2.45) is 0 Å². The minimum Gasteiger partial charge on any atom is -0.493 e. The third-order valence-electron chi connectivity index (χ3n) is 4.32. The molecule has 0 aliphatic carbocycles. The molecule has 3 aromatic rings. The van der Waals surface area contributed by atoms with E-state index in [-0.39, 0.29) is 12.3 Å². The zero-order valence-electron chi connectivity index (χ0n) is 16.8. The first kappa shape index (κ1) is 21.1. The number of thioether (sulfide) groups is 1. The Labute approximate surface area is 178 Å². The van der Waals surface area contributed by atoms with E-state index in [1.54, 1.807) is 38.1 Å². The van der Waals surface area contributed by atoms with Crippen LogP contribution < -0.4 is 14.8 Å². The number of methoxy groups -OCH3 is 2. The largest absolute Gasteiger partial charge is 0.493 e. The van der Waals surface area contributed by atoms with Crippen molar-refractivity contribution >= 4 is 34.1 Å². The number of anilines is 1. The SMILES string of the molecule is COc1ccc(CC(=O)Nc2nnc(SCc3cc(C)ccc3C)s2)cc1OC. The number of nitrogens with one attached hydrogen (secondary N) is 1. The third-order valence-corrected chi connectivity index (χ3v) is 6.34. The molecule has 0 unspecified atom stereocenters. The molecule has 2 aromatic carbocycles. The number of aromatic nitrogens is 2. The van der Waals surface area contributed by atoms with Gasteiger partial charge in [0.15, 0.2) is 15.8 Å². The Morgan fingerprint density at radius 3 is 2.62 bits per heavy atom. The number of rotatable bonds is 8. The molecular weight excluding hydrogens is 406 g/mol. The molecule has 0 bridgehead atoms. The maximum atomic E-state index is 12.4. The second-order valence-electron chi connectivity index (χ2n) is 6.51. The van der Waals surface area contributed by atoms with Crippen LogP contribution in [0.2, 0.25) is 0 Å². The lowest BCUT2D eigenvalue weighted by Gasteiger charge is -2.09. The zero-order valence-corrected chi connectivity index (χ0v) is 18.4. The van der Waals surface area contributed by atoms with Crippen molar-refractivity contribution in [1.82, 2.24) is 10.2 Å². The maximum absolute atomic E-state index is 12.4. The minimum atomic E-state index is -0.153. The Kier molecular flexibility index (Phi) is 7.11. The third kappa shape index (κ3) is 5.71. The minimum absolute atomic E-state index is 0.153. The van der Waals surface area contributed by atoms with Gasteiger partial charge in [0, 0.05) is 5.75 Å². The first-order valence-corrected chi connectivity index (χ1v) is 10.8. The molecule has 0 saturated heterocycles. The fourth-order valence-electron chi connectivity index (χ4n) is 2.75. The predicted molar refractivity (Wildman–Crippen MR) is 117 cm³/mol. The zero-order chi connectivity index (χ0) is 20.8. The monoisotopic (exact) mass is 429 g/mol. The van der Waals surface area contributed by atoms with E-state index in [0.717, 1.165) is 15.7 Å². The molecule has 1 aromatic heterocycles. The van der Waals surface area contributed by atoms with Crippen molar-refractivity contribution in [1.29, 1.82) is 0 Å². The molecule has 0 radical (unpaired) electrons. The van der Waals surface area contributed by atoms with Gasteiger partial charge in [-0.2, -0.15) is 0 Å². The number of aryl methyl sites for hydroxylation is 2. The van der Waals surface area contributed by atoms with Crippen molar-refractivity contribution in [2.75, 3.05) is 19.5 Å². The van der Waals surface area contributed by atoms with Crippen molar-refractivity contribution in [3.05, 3.63) is 58.7 Å². The van der Waals surface area contributed by atoms with Gasteiger partial charge < -0.3 is 14.8 Å². The van der Waals surface area contributed by atoms with Crippen molar-refractivity contribution in [2.45, 2.75) is 30.4 Å². The standard InChI is InChI=1S/C21H23N3O3S2/c1-13-5-6-14(2)16(9-13)12-28-21-24-23-20(29-21)22-19(25)11-15-7-8-17(26-3)18(10-15)27-4/h5-10H,11-12H2,1-4H3,(H,22,23,25). The molecule has 8 heteroatoms. The van der Waals surface area contributed by atoms with Gasteiger partial charge in [0.05, 0.1) is 20.6 Å². The second kappa shape index (κ2) is 9.76. The van der Waals surface area contributed by atoms with E-state index in [0.29, 0.717) is 16.6 Å². The van der Waals surface area contributed by atoms with E-state index in [1.807, 2.05) is 6.07 Å². The Balaban J connectivity index is 1.57. The average Bonchev–Trinajstić information content (AvgIpc) is 3.15. The molecule has 1 amide bonds. The van der Waals surface area contributed by atoms with Gasteiger partial charge in [-0.15, -0.1) is 10.2 Å². The number of ether oxygens (including phenoxy) is 2. The van der Waals surface area contributed by atoms with Crippen LogP contribution in [0, 0.1) is 13.8 Å². The summed E-state index contributed by atoms with van der Waals surface area (Å²) in [4.78, 5) is 12.4. The number of hydrogen-bond acceptors (Lipinski definition) is 7. The van der Waals surface area contributed by atoms with Crippen LogP contribution in [0.25, 0.3) is 0 Å². The normalized spacial score (nSPS) is 10.6. The summed E-state index contributed by atoms with van der Waals surface area (Å²) in [7, 11) is 3.15. The topological polar surface area (TPSA) is 73.3 Å². The molecule has 6 nitrogen and oxygen atoms in total. The summed E-state index contributed by atoms with van der Waals surface area (Å²) in [5, 5.41) is 11.6. The highest BCUT2D eigenvalue weighted by Gasteiger charge is 2.12. The Bertz CT molecular complexity index is 1000. The molecule has 0 spiro atoms. The Hall–Kier alpha value is -2.58. The van der Waals surface area contributed by atoms with Crippen LogP contribution in [-0.2, 0) is 17.0 Å². The molecule has 0 aliphatic rings. The van der Waals surface area contributed by atoms with E-state index >= 15 is 0 Å². The quantitative estimate of drug-likeness (QED) is 0.415. The van der Waals surface area contributed by atoms with Crippen LogP contribution in [-0.4, -0.2) is 30.3 Å². The summed E-state index contributed by atoms with van der Waals surface area (Å²) in [6, 6.07) is 11.9. The number of hydrogen-bond donors (Lipinski definition) is 1. The van der Waals surface area contributed by atoms with E-state index < -0.39 is 0 Å². The number of carbonyl (C=O) groups is 1. The molecular formula is C21H23N3O3S2. The molecule has 1 N–H and O–H groups in total. The highest BCUT2D eigenvalue weighted by Crippen LogP contribution is 2.30. The molecule has 0 atom stereocenters. The first-order chi connectivity index (χ1) is 14.0. The van der Waals surface area contributed by atoms with Crippen molar-refractivity contribution in [3.63, 3.8) is 0 Å². The van der Waals surface area contributed by atoms with Gasteiger partial charge in [-0.25, -0.2) is 0 Å². The lowest BCUT2D eigenvalue weighted by molar-refractivity contribution is -0.115. The van der Waals surface area contributed by atoms with Crippen molar-refractivity contribution < 1.29 is 14.3 Å². The van der Waals surface area contributed by atoms with E-state index in [9.17, 15) is 4.79 Å². The van der Waals surface area contributed by atoms with E-state index in [2.05, 4.69) is 47.6 Å². The van der Waals surface area contributed by atoms with Gasteiger partial charge in [-0.1, -0.05) is 52.9 Å². The molecule has 29 heavy (non-hydrogen) atoms. The predicted octanol–water partition coefficient (Wildman–Crippen LogP) is 4.65. The van der Waals surface area contributed by atoms with Crippen LogP contribution >= 0.6 is 23.1 Å². The second-order valence-corrected chi connectivity index (χ2v) is 8.71. The summed E-state index contributed by atoms with van der Waals surface area (Å²) in [5.41, 5.74) is 4.61. The molecule has 0 fully saturated rings. The van der Waals surface area contributed by atoms with Crippen LogP contribution in [0.3, 0.4) is 0 Å². The van der Waals surface area contributed by atoms with Crippen LogP contribution in [0.5, 0.6) is 11.5 Å². The first-order valence-electron chi connectivity index (χ1n) is 9.01. The van der Waals surface area contributed by atoms with Crippen LogP contribution in [0.4, 0.5) is 5.13 Å². The molecule has 152 valence electrons. The lowest BCUT2D eigenvalue weighted by atomic mass is 10.1. The smallest absolute Gasteiger partial charge is 0.230 e. The average molecular weight is 430 g/mol. The van der Waals surface area contributed by atoms with Gasteiger partial charge in [0.2, 0.25) is 11.0 Å². The van der Waals surface area contributed by atoms with Gasteiger partial charge in [0.1, 0.15) is 0 Å². The van der Waals surface area contributed by atoms with Crippen LogP contribution in [0.15, 0.2) is 40.7 Å². The maximum Gasteiger partial charge on any atom is 0.230 e. The molecule has 0 saturated carbocycles. The van der Waals surface area contributed by atoms with Gasteiger partial charge in [-0.3, -0.25) is 4.79 Å². The highest BCUT2D eigenvalue weighted by atomic mass is 32.2. The number of carbonyl (C=O) groups excluding carboxylic acids is 1. The highest BCUT2D eigenvalue weighted by molar-refractivity contribution is 8.00. The lowest BCUT2D eigenvalue weighted by Crippen LogP contribution is -2.14. The van der Waals surface area contributed by atoms with Gasteiger partial charge in [0.25, 0.3) is 0 Å². The molecule has 1 heterocycles. The summed E-state index contributed by atoms with van der Waals surface area (Å²) in [6.07, 6.45) is 0.213. The molecule has 3 rings (SSSR count). The number of benzene rings is 2. The summed E-state index contributed by atoms with van der Waals surface area (Å²) in [6.45, 7) is 4.19.